The van der Waals surface area contributed by atoms with Crippen molar-refractivity contribution in [2.45, 2.75) is 90.4 Å². The van der Waals surface area contributed by atoms with E-state index in [2.05, 4.69) is 156 Å². The zero-order valence-corrected chi connectivity index (χ0v) is 30.3. The summed E-state index contributed by atoms with van der Waals surface area (Å²) in [5.41, 5.74) is 15.9. The molecule has 0 radical (unpaired) electrons. The average molecular weight is 635 g/mol. The molecule has 0 saturated carbocycles. The summed E-state index contributed by atoms with van der Waals surface area (Å²) < 4.78 is 5.40. The first kappa shape index (κ1) is 28.4. The third-order valence-electron chi connectivity index (χ3n) is 14.2. The Labute approximate surface area is 288 Å². The molecule has 2 nitrogen and oxygen atoms in total. The van der Waals surface area contributed by atoms with Gasteiger partial charge in [-0.05, 0) is 91.7 Å². The lowest BCUT2D eigenvalue weighted by Crippen LogP contribution is -2.50. The van der Waals surface area contributed by atoms with Crippen LogP contribution in [0.5, 0.6) is 0 Å². The maximum absolute atomic E-state index is 2.72. The third kappa shape index (κ3) is 2.98. The number of nitrogens with zero attached hydrogens (tertiary/aromatic N) is 2. The first-order valence-electron chi connectivity index (χ1n) is 18.3. The van der Waals surface area contributed by atoms with Gasteiger partial charge in [-0.3, -0.25) is 8.80 Å². The van der Waals surface area contributed by atoms with Gasteiger partial charge in [0.25, 0.3) is 0 Å². The highest BCUT2D eigenvalue weighted by Crippen LogP contribution is 2.57. The van der Waals surface area contributed by atoms with Crippen LogP contribution in [0.25, 0.3) is 60.0 Å². The smallest absolute Gasteiger partial charge is 0.241 e. The average Bonchev–Trinajstić information content (AvgIpc) is 3.55. The number of pyridine rings is 1. The summed E-state index contributed by atoms with van der Waals surface area (Å²) in [6.45, 7) is 22.3. The zero-order chi connectivity index (χ0) is 33.7. The van der Waals surface area contributed by atoms with Crippen molar-refractivity contribution < 1.29 is 0 Å². The summed E-state index contributed by atoms with van der Waals surface area (Å²) in [7, 11) is 0. The van der Waals surface area contributed by atoms with Gasteiger partial charge in [0.05, 0.1) is 16.6 Å². The Morgan fingerprint density at radius 3 is 1.94 bits per heavy atom. The molecule has 0 saturated heterocycles. The van der Waals surface area contributed by atoms with Crippen molar-refractivity contribution in [3.8, 4) is 0 Å². The third-order valence-corrected chi connectivity index (χ3v) is 14.2. The van der Waals surface area contributed by atoms with Crippen LogP contribution in [0, 0.1) is 0 Å². The number of fused-ring (bicyclic) bond motifs is 8. The fourth-order valence-corrected chi connectivity index (χ4v) is 11.5. The van der Waals surface area contributed by atoms with Gasteiger partial charge < -0.3 is 0 Å². The summed E-state index contributed by atoms with van der Waals surface area (Å²) in [6, 6.07) is 33.3. The molecule has 3 aliphatic rings. The van der Waals surface area contributed by atoms with E-state index < -0.39 is 0 Å². The quantitative estimate of drug-likeness (QED) is 0.0967. The predicted octanol–water partition coefficient (Wildman–Crippen LogP) is 9.38. The van der Waals surface area contributed by atoms with Crippen LogP contribution in [0.4, 0.5) is 0 Å². The van der Waals surface area contributed by atoms with Crippen LogP contribution in [0.3, 0.4) is 0 Å². The first-order chi connectivity index (χ1) is 23.3. The maximum atomic E-state index is 2.72. The van der Waals surface area contributed by atoms with E-state index in [0.717, 1.165) is 0 Å². The first-order valence-corrected chi connectivity index (χ1v) is 18.3. The van der Waals surface area contributed by atoms with E-state index in [-0.39, 0.29) is 28.4 Å². The monoisotopic (exact) mass is 634 g/mol. The number of hydrogen-bond donors (Lipinski definition) is 0. The molecule has 1 aliphatic heterocycles. The van der Waals surface area contributed by atoms with Crippen LogP contribution < -0.4 is 16.3 Å². The summed E-state index contributed by atoms with van der Waals surface area (Å²) in [4.78, 5) is 0. The van der Waals surface area contributed by atoms with Gasteiger partial charge in [0.1, 0.15) is 5.65 Å². The van der Waals surface area contributed by atoms with Gasteiger partial charge in [0.15, 0.2) is 0 Å². The minimum absolute atomic E-state index is 0.000475. The number of hydrogen-bond acceptors (Lipinski definition) is 0. The molecule has 0 amide bonds. The number of rotatable bonds is 1. The van der Waals surface area contributed by atoms with E-state index in [1.165, 1.54) is 105 Å². The Morgan fingerprint density at radius 2 is 1.20 bits per heavy atom. The second-order valence-electron chi connectivity index (χ2n) is 18.1. The van der Waals surface area contributed by atoms with E-state index in [1.807, 2.05) is 0 Å². The van der Waals surface area contributed by atoms with Crippen molar-refractivity contribution in [3.63, 3.8) is 0 Å². The van der Waals surface area contributed by atoms with Crippen molar-refractivity contribution >= 4 is 77.6 Å². The van der Waals surface area contributed by atoms with E-state index in [0.29, 0.717) is 0 Å². The van der Waals surface area contributed by atoms with E-state index in [4.69, 9.17) is 0 Å². The maximum Gasteiger partial charge on any atom is 0.241 e. The van der Waals surface area contributed by atoms with Gasteiger partial charge in [0, 0.05) is 26.9 Å². The number of aromatic nitrogens is 2. The predicted molar refractivity (Wildman–Crippen MR) is 211 cm³/mol. The molecule has 8 aromatic rings. The highest BCUT2D eigenvalue weighted by Gasteiger charge is 2.49. The van der Waals surface area contributed by atoms with Crippen molar-refractivity contribution in [1.29, 1.82) is 0 Å². The normalized spacial score (nSPS) is 19.6. The summed E-state index contributed by atoms with van der Waals surface area (Å²) in [6.07, 6.45) is 1.17. The molecule has 4 heterocycles. The van der Waals surface area contributed by atoms with Gasteiger partial charge in [-0.2, -0.15) is 0 Å². The molecule has 11 rings (SSSR count). The molecule has 49 heavy (non-hydrogen) atoms. The summed E-state index contributed by atoms with van der Waals surface area (Å²) >= 11 is 0. The Morgan fingerprint density at radius 1 is 0.551 bits per heavy atom. The number of benzene rings is 5. The van der Waals surface area contributed by atoms with Crippen LogP contribution >= 0.6 is 0 Å². The van der Waals surface area contributed by atoms with Crippen molar-refractivity contribution in [3.05, 3.63) is 113 Å². The van der Waals surface area contributed by atoms with E-state index in [1.54, 1.807) is 0 Å². The fraction of sp³-hybridized carbons (Fsp3) is 0.304. The Hall–Kier alpha value is -4.50. The molecular formula is C46H43BN2. The Kier molecular flexibility index (Phi) is 4.78. The van der Waals surface area contributed by atoms with Crippen LogP contribution in [-0.4, -0.2) is 15.5 Å². The van der Waals surface area contributed by atoms with Crippen molar-refractivity contribution in [2.75, 3.05) is 0 Å². The highest BCUT2D eigenvalue weighted by atomic mass is 15.1. The molecule has 3 aromatic heterocycles. The molecule has 3 heteroatoms. The molecule has 0 unspecified atom stereocenters. The molecule has 0 spiro atoms. The Bertz CT molecular complexity index is 2910. The van der Waals surface area contributed by atoms with Gasteiger partial charge in [0.2, 0.25) is 6.71 Å². The largest absolute Gasteiger partial charge is 0.296 e. The van der Waals surface area contributed by atoms with Crippen LogP contribution in [0.2, 0.25) is 0 Å². The molecular weight excluding hydrogens is 591 g/mol. The molecule has 0 fully saturated rings. The lowest BCUT2D eigenvalue weighted by Gasteiger charge is -2.37. The van der Waals surface area contributed by atoms with Gasteiger partial charge in [-0.25, -0.2) is 0 Å². The topological polar surface area (TPSA) is 8.82 Å². The lowest BCUT2D eigenvalue weighted by molar-refractivity contribution is 0.322. The molecule has 240 valence electrons. The second-order valence-corrected chi connectivity index (χ2v) is 18.1. The molecule has 0 bridgehead atoms. The summed E-state index contributed by atoms with van der Waals surface area (Å²) in [5, 5.41) is 9.76. The molecule has 0 atom stereocenters. The molecule has 5 aromatic carbocycles. The summed E-state index contributed by atoms with van der Waals surface area (Å²) in [5.74, 6) is 0. The van der Waals surface area contributed by atoms with Gasteiger partial charge >= 0.3 is 0 Å². The zero-order valence-electron chi connectivity index (χ0n) is 30.3. The van der Waals surface area contributed by atoms with Gasteiger partial charge in [-0.15, -0.1) is 0 Å². The van der Waals surface area contributed by atoms with Gasteiger partial charge in [-0.1, -0.05) is 133 Å². The molecule has 0 N–H and O–H groups in total. The van der Waals surface area contributed by atoms with E-state index in [9.17, 15) is 0 Å². The second kappa shape index (κ2) is 8.27. The van der Waals surface area contributed by atoms with Crippen LogP contribution in [0.1, 0.15) is 91.0 Å². The molecule has 2 aliphatic carbocycles. The Balaban J connectivity index is 1.51. The van der Waals surface area contributed by atoms with E-state index >= 15 is 0 Å². The van der Waals surface area contributed by atoms with Crippen molar-refractivity contribution in [2.24, 2.45) is 0 Å². The van der Waals surface area contributed by atoms with Crippen LogP contribution in [-0.2, 0) is 21.7 Å². The lowest BCUT2D eigenvalue weighted by atomic mass is 9.35. The van der Waals surface area contributed by atoms with Crippen molar-refractivity contribution in [1.82, 2.24) is 8.80 Å². The minimum atomic E-state index is -0.0166. The standard InChI is InChI=1S/C46H43BN2/c1-25-40-28-18-14-13-17-27(28)37-29-21-31-32(44(4,5)24-43(31,2)3)23-36(29)48-35-20-19-30-38-33(46(8,9)45(30,6)7)22-34(41(39(35)38)49(40)42(37)48)47(25)26-15-11-10-12-16-26/h10-23H,24H2,1-9H3. The fourth-order valence-electron chi connectivity index (χ4n) is 11.5. The SMILES string of the molecule is CC1=c2c3ccccc3c3c4cc5c(cc4n4c6ccc7c8c(cc(c(c86)n2c34)B1c1ccccc1)C(C)(C)C7(C)C)C(C)(C)CC5(C)C. The van der Waals surface area contributed by atoms with Crippen LogP contribution in [0.15, 0.2) is 84.9 Å². The highest BCUT2D eigenvalue weighted by molar-refractivity contribution is 6.99. The minimum Gasteiger partial charge on any atom is -0.296 e.